The van der Waals surface area contributed by atoms with Gasteiger partial charge in [-0.3, -0.25) is 9.36 Å². The summed E-state index contributed by atoms with van der Waals surface area (Å²) in [5.41, 5.74) is 1.89. The predicted molar refractivity (Wildman–Crippen MR) is 66.2 cm³/mol. The molecule has 4 heteroatoms. The van der Waals surface area contributed by atoms with E-state index in [2.05, 4.69) is 4.98 Å². The van der Waals surface area contributed by atoms with Gasteiger partial charge in [0.05, 0.1) is 10.5 Å². The fourth-order valence-electron chi connectivity index (χ4n) is 2.03. The number of nitrogens with zero attached hydrogens (tertiary/aromatic N) is 2. The number of fused-ring (bicyclic) bond motifs is 3. The molecule has 3 rings (SSSR count). The summed E-state index contributed by atoms with van der Waals surface area (Å²) in [7, 11) is 0. The van der Waals surface area contributed by atoms with Crippen molar-refractivity contribution < 1.29 is 4.79 Å². The van der Waals surface area contributed by atoms with Crippen LogP contribution in [0.3, 0.4) is 0 Å². The van der Waals surface area contributed by atoms with Gasteiger partial charge in [-0.2, -0.15) is 0 Å². The zero-order valence-electron chi connectivity index (χ0n) is 9.02. The lowest BCUT2D eigenvalue weighted by Crippen LogP contribution is -2.03. The quantitative estimate of drug-likeness (QED) is 0.594. The maximum atomic E-state index is 11.7. The Hall–Kier alpha value is -1.68. The first kappa shape index (κ1) is 9.54. The highest BCUT2D eigenvalue weighted by atomic mass is 32.1. The van der Waals surface area contributed by atoms with Crippen molar-refractivity contribution in [1.82, 2.24) is 9.55 Å². The topological polar surface area (TPSA) is 34.9 Å². The number of hydrogen-bond donors (Lipinski definition) is 0. The molecule has 0 saturated heterocycles. The van der Waals surface area contributed by atoms with E-state index >= 15 is 0 Å². The van der Waals surface area contributed by atoms with Gasteiger partial charge in [-0.1, -0.05) is 18.2 Å². The molecule has 3 aromatic rings. The predicted octanol–water partition coefficient (Wildman–Crippen LogP) is 3.22. The van der Waals surface area contributed by atoms with Gasteiger partial charge in [0.15, 0.2) is 0 Å². The van der Waals surface area contributed by atoms with E-state index < -0.39 is 0 Å². The number of carbonyl (C=O) groups is 1. The molecule has 0 aliphatic carbocycles. The number of para-hydroxylation sites is 1. The van der Waals surface area contributed by atoms with Crippen molar-refractivity contribution in [3.63, 3.8) is 0 Å². The van der Waals surface area contributed by atoms with E-state index in [0.717, 1.165) is 26.3 Å². The first-order valence-corrected chi connectivity index (χ1v) is 5.87. The summed E-state index contributed by atoms with van der Waals surface area (Å²) in [4.78, 5) is 17.1. The summed E-state index contributed by atoms with van der Waals surface area (Å²) >= 11 is 1.56. The monoisotopic (exact) mass is 230 g/mol. The van der Waals surface area contributed by atoms with Crippen LogP contribution in [0.15, 0.2) is 24.3 Å². The van der Waals surface area contributed by atoms with Gasteiger partial charge < -0.3 is 0 Å². The average Bonchev–Trinajstić information content (AvgIpc) is 2.72. The second kappa shape index (κ2) is 3.15. The molecule has 0 aliphatic rings. The summed E-state index contributed by atoms with van der Waals surface area (Å²) in [6, 6.07) is 7.88. The van der Waals surface area contributed by atoms with Crippen LogP contribution in [0.25, 0.3) is 21.3 Å². The molecule has 0 fully saturated rings. The van der Waals surface area contributed by atoms with Crippen LogP contribution in [-0.2, 0) is 0 Å². The van der Waals surface area contributed by atoms with E-state index in [-0.39, 0.29) is 5.91 Å². The Morgan fingerprint density at radius 2 is 2.12 bits per heavy atom. The molecule has 0 radical (unpaired) electrons. The molecule has 0 unspecified atom stereocenters. The highest BCUT2D eigenvalue weighted by Gasteiger charge is 2.16. The standard InChI is InChI=1S/C12H10N2OS/c1-7-13-11-9-5-3-4-6-10(9)14(8(2)15)12(11)16-7/h3-6H,1-2H3. The zero-order valence-corrected chi connectivity index (χ0v) is 9.84. The molecule has 0 saturated carbocycles. The van der Waals surface area contributed by atoms with Crippen molar-refractivity contribution in [2.24, 2.45) is 0 Å². The van der Waals surface area contributed by atoms with Gasteiger partial charge in [-0.25, -0.2) is 4.98 Å². The lowest BCUT2D eigenvalue weighted by Gasteiger charge is -1.98. The molecule has 2 heterocycles. The lowest BCUT2D eigenvalue weighted by atomic mass is 10.2. The Balaban J connectivity index is 2.61. The lowest BCUT2D eigenvalue weighted by molar-refractivity contribution is 0.0947. The Kier molecular flexibility index (Phi) is 1.88. The fourth-order valence-corrected chi connectivity index (χ4v) is 3.02. The van der Waals surface area contributed by atoms with E-state index in [1.807, 2.05) is 31.2 Å². The van der Waals surface area contributed by atoms with Gasteiger partial charge in [0.25, 0.3) is 0 Å². The largest absolute Gasteiger partial charge is 0.274 e. The average molecular weight is 230 g/mol. The second-order valence-corrected chi connectivity index (χ2v) is 4.94. The van der Waals surface area contributed by atoms with Crippen LogP contribution < -0.4 is 0 Å². The molecule has 0 aliphatic heterocycles. The van der Waals surface area contributed by atoms with Crippen molar-refractivity contribution in [1.29, 1.82) is 0 Å². The van der Waals surface area contributed by atoms with Crippen LogP contribution in [0.1, 0.15) is 16.7 Å². The van der Waals surface area contributed by atoms with Gasteiger partial charge in [-0.05, 0) is 13.0 Å². The van der Waals surface area contributed by atoms with Crippen LogP contribution in [0, 0.1) is 6.92 Å². The number of aromatic nitrogens is 2. The highest BCUT2D eigenvalue weighted by Crippen LogP contribution is 2.32. The second-order valence-electron chi connectivity index (χ2n) is 3.76. The highest BCUT2D eigenvalue weighted by molar-refractivity contribution is 7.18. The van der Waals surface area contributed by atoms with E-state index in [4.69, 9.17) is 0 Å². The first-order valence-electron chi connectivity index (χ1n) is 5.06. The minimum Gasteiger partial charge on any atom is -0.274 e. The Morgan fingerprint density at radius 1 is 1.38 bits per heavy atom. The van der Waals surface area contributed by atoms with Crippen LogP contribution in [-0.4, -0.2) is 15.5 Å². The molecular weight excluding hydrogens is 220 g/mol. The van der Waals surface area contributed by atoms with Crippen molar-refractivity contribution in [2.45, 2.75) is 13.8 Å². The third-order valence-corrected chi connectivity index (χ3v) is 3.59. The maximum absolute atomic E-state index is 11.7. The summed E-state index contributed by atoms with van der Waals surface area (Å²) < 4.78 is 1.75. The van der Waals surface area contributed by atoms with Crippen molar-refractivity contribution in [3.05, 3.63) is 29.3 Å². The van der Waals surface area contributed by atoms with Gasteiger partial charge in [0, 0.05) is 12.3 Å². The van der Waals surface area contributed by atoms with Gasteiger partial charge >= 0.3 is 0 Å². The molecule has 3 nitrogen and oxygen atoms in total. The maximum Gasteiger partial charge on any atom is 0.229 e. The van der Waals surface area contributed by atoms with E-state index in [9.17, 15) is 4.79 Å². The molecule has 1 aromatic carbocycles. The molecule has 2 aromatic heterocycles. The van der Waals surface area contributed by atoms with Gasteiger partial charge in [-0.15, -0.1) is 11.3 Å². The minimum atomic E-state index is 0.0369. The molecule has 80 valence electrons. The third kappa shape index (κ3) is 1.13. The number of aryl methyl sites for hydroxylation is 1. The van der Waals surface area contributed by atoms with Crippen molar-refractivity contribution in [2.75, 3.05) is 0 Å². The third-order valence-electron chi connectivity index (χ3n) is 2.63. The molecule has 16 heavy (non-hydrogen) atoms. The molecule has 0 atom stereocenters. The summed E-state index contributed by atoms with van der Waals surface area (Å²) in [6.45, 7) is 3.55. The smallest absolute Gasteiger partial charge is 0.229 e. The summed E-state index contributed by atoms with van der Waals surface area (Å²) in [5.74, 6) is 0.0369. The Morgan fingerprint density at radius 3 is 2.88 bits per heavy atom. The first-order chi connectivity index (χ1) is 7.68. The van der Waals surface area contributed by atoms with E-state index in [1.165, 1.54) is 0 Å². The number of carbonyl (C=O) groups excluding carboxylic acids is 1. The van der Waals surface area contributed by atoms with Crippen molar-refractivity contribution in [3.8, 4) is 0 Å². The van der Waals surface area contributed by atoms with E-state index in [0.29, 0.717) is 0 Å². The molecule has 0 N–H and O–H groups in total. The molecule has 0 spiro atoms. The van der Waals surface area contributed by atoms with Crippen LogP contribution in [0.2, 0.25) is 0 Å². The molecular formula is C12H10N2OS. The van der Waals surface area contributed by atoms with Crippen LogP contribution in [0.5, 0.6) is 0 Å². The Bertz CT molecular complexity index is 708. The van der Waals surface area contributed by atoms with Gasteiger partial charge in [0.2, 0.25) is 5.91 Å². The van der Waals surface area contributed by atoms with Crippen LogP contribution >= 0.6 is 11.3 Å². The van der Waals surface area contributed by atoms with Gasteiger partial charge in [0.1, 0.15) is 10.3 Å². The molecule has 0 amide bonds. The fraction of sp³-hybridized carbons (Fsp3) is 0.167. The minimum absolute atomic E-state index is 0.0369. The normalized spacial score (nSPS) is 11.4. The van der Waals surface area contributed by atoms with E-state index in [1.54, 1.807) is 22.8 Å². The van der Waals surface area contributed by atoms with Crippen LogP contribution in [0.4, 0.5) is 0 Å². The SMILES string of the molecule is CC(=O)n1c2ccccc2c2nc(C)sc21. The molecule has 0 bridgehead atoms. The number of hydrogen-bond acceptors (Lipinski definition) is 3. The number of rotatable bonds is 0. The Labute approximate surface area is 96.3 Å². The summed E-state index contributed by atoms with van der Waals surface area (Å²) in [6.07, 6.45) is 0. The van der Waals surface area contributed by atoms with Crippen molar-refractivity contribution >= 4 is 38.5 Å². The zero-order chi connectivity index (χ0) is 11.3. The number of benzene rings is 1. The number of thiazole rings is 1. The summed E-state index contributed by atoms with van der Waals surface area (Å²) in [5, 5.41) is 2.04.